The first-order valence-electron chi connectivity index (χ1n) is 15.3. The molecule has 42 heavy (non-hydrogen) atoms. The summed E-state index contributed by atoms with van der Waals surface area (Å²) in [5.74, 6) is 0.0627. The zero-order chi connectivity index (χ0) is 30.2. The van der Waals surface area contributed by atoms with Gasteiger partial charge in [0.2, 0.25) is 0 Å². The van der Waals surface area contributed by atoms with E-state index in [1.54, 1.807) is 24.3 Å². The summed E-state index contributed by atoms with van der Waals surface area (Å²) < 4.78 is 16.0. The van der Waals surface area contributed by atoms with Crippen LogP contribution < -0.4 is 4.74 Å². The largest absolute Gasteiger partial charge is 0.516 e. The summed E-state index contributed by atoms with van der Waals surface area (Å²) in [6, 6.07) is 22.7. The minimum Gasteiger partial charge on any atom is -0.445 e. The van der Waals surface area contributed by atoms with Crippen molar-refractivity contribution < 1.29 is 23.8 Å². The Bertz CT molecular complexity index is 1270. The highest BCUT2D eigenvalue weighted by molar-refractivity contribution is 7.80. The van der Waals surface area contributed by atoms with Gasteiger partial charge in [-0.15, -0.1) is 0 Å². The Morgan fingerprint density at radius 1 is 0.762 bits per heavy atom. The lowest BCUT2D eigenvalue weighted by Crippen LogP contribution is -2.17. The van der Waals surface area contributed by atoms with Crippen molar-refractivity contribution in [1.29, 1.82) is 0 Å². The molecule has 3 aromatic carbocycles. The third-order valence-corrected chi connectivity index (χ3v) is 7.71. The van der Waals surface area contributed by atoms with E-state index in [0.29, 0.717) is 10.8 Å². The van der Waals surface area contributed by atoms with E-state index in [1.165, 1.54) is 56.9 Å². The Hall–Kier alpha value is -3.51. The summed E-state index contributed by atoms with van der Waals surface area (Å²) >= 11 is 5.63. The van der Waals surface area contributed by atoms with Crippen molar-refractivity contribution in [2.75, 3.05) is 6.61 Å². The van der Waals surface area contributed by atoms with Gasteiger partial charge in [-0.3, -0.25) is 0 Å². The predicted molar refractivity (Wildman–Crippen MR) is 173 cm³/mol. The molecule has 0 bridgehead atoms. The van der Waals surface area contributed by atoms with Crippen LogP contribution in [-0.2, 0) is 15.9 Å². The number of benzene rings is 3. The number of aryl methyl sites for hydroxylation is 1. The molecule has 0 fully saturated rings. The molecule has 0 N–H and O–H groups in total. The minimum atomic E-state index is -0.988. The van der Waals surface area contributed by atoms with Crippen molar-refractivity contribution in [2.24, 2.45) is 5.92 Å². The lowest BCUT2D eigenvalue weighted by atomic mass is 10.0. The molecule has 0 aliphatic carbocycles. The van der Waals surface area contributed by atoms with Gasteiger partial charge in [0.05, 0.1) is 12.2 Å². The summed E-state index contributed by atoms with van der Waals surface area (Å²) in [5, 5.41) is 0.400. The maximum absolute atomic E-state index is 12.4. The molecule has 0 amide bonds. The van der Waals surface area contributed by atoms with Gasteiger partial charge in [-0.05, 0) is 60.3 Å². The van der Waals surface area contributed by atoms with Gasteiger partial charge in [-0.2, -0.15) is 0 Å². The number of unbranched alkanes of at least 4 members (excludes halogenated alkanes) is 7. The lowest BCUT2D eigenvalue weighted by molar-refractivity contribution is 0.0342. The fraction of sp³-hybridized carbons (Fsp3) is 0.417. The van der Waals surface area contributed by atoms with Crippen LogP contribution in [0.1, 0.15) is 100 Å². The number of ether oxygens (including phenoxy) is 3. The molecule has 0 saturated carbocycles. The van der Waals surface area contributed by atoms with Crippen molar-refractivity contribution in [2.45, 2.75) is 85.0 Å². The Morgan fingerprint density at radius 3 is 2.05 bits per heavy atom. The maximum Gasteiger partial charge on any atom is 0.516 e. The molecule has 0 aliphatic rings. The predicted octanol–water partition coefficient (Wildman–Crippen LogP) is 10.1. The van der Waals surface area contributed by atoms with Crippen LogP contribution in [-0.4, -0.2) is 23.8 Å². The Morgan fingerprint density at radius 2 is 1.38 bits per heavy atom. The molecule has 0 saturated heterocycles. The second-order valence-electron chi connectivity index (χ2n) is 10.8. The number of hydrogen-bond acceptors (Lipinski definition) is 6. The van der Waals surface area contributed by atoms with Gasteiger partial charge in [0.25, 0.3) is 0 Å². The molecule has 224 valence electrons. The summed E-state index contributed by atoms with van der Waals surface area (Å²) in [5.41, 5.74) is 4.09. The smallest absolute Gasteiger partial charge is 0.445 e. The second-order valence-corrected chi connectivity index (χ2v) is 11.2. The first kappa shape index (κ1) is 33.0. The number of para-hydroxylation sites is 1. The highest BCUT2D eigenvalue weighted by atomic mass is 32.1. The van der Waals surface area contributed by atoms with E-state index >= 15 is 0 Å². The van der Waals surface area contributed by atoms with Crippen LogP contribution in [0.15, 0.2) is 72.8 Å². The quantitative estimate of drug-likeness (QED) is 0.0718. The highest BCUT2D eigenvalue weighted by Gasteiger charge is 2.16. The topological polar surface area (TPSA) is 61.8 Å². The van der Waals surface area contributed by atoms with E-state index in [4.69, 9.17) is 26.4 Å². The van der Waals surface area contributed by atoms with Crippen molar-refractivity contribution >= 4 is 29.4 Å². The molecule has 5 nitrogen and oxygen atoms in total. The molecule has 0 heterocycles. The van der Waals surface area contributed by atoms with Crippen molar-refractivity contribution in [3.63, 3.8) is 0 Å². The van der Waals surface area contributed by atoms with Crippen LogP contribution >= 0.6 is 12.2 Å². The standard InChI is InChI=1S/C36H44O5S/c1-4-6-7-8-9-10-11-12-15-28-18-20-31(21-19-28)35(42)40-33-17-14-13-16-32(33)29-22-24-30(25-23-29)34(37)41-36(38)39-26-27(3)5-2/h13-14,16-25,27H,4-12,15,26H2,1-3H3/t27-/m0/s1. The first-order chi connectivity index (χ1) is 20.4. The molecular formula is C36H44O5S. The van der Waals surface area contributed by atoms with E-state index in [-0.39, 0.29) is 18.1 Å². The van der Waals surface area contributed by atoms with Gasteiger partial charge in [0.15, 0.2) is 5.05 Å². The van der Waals surface area contributed by atoms with Gasteiger partial charge in [-0.25, -0.2) is 9.59 Å². The van der Waals surface area contributed by atoms with Crippen molar-refractivity contribution in [3.8, 4) is 16.9 Å². The molecule has 0 spiro atoms. The molecule has 0 radical (unpaired) electrons. The number of carbonyl (C=O) groups is 2. The Kier molecular flexibility index (Phi) is 14.2. The van der Waals surface area contributed by atoms with Crippen molar-refractivity contribution in [1.82, 2.24) is 0 Å². The number of thiocarbonyl (C=S) groups is 1. The van der Waals surface area contributed by atoms with E-state index in [9.17, 15) is 9.59 Å². The number of rotatable bonds is 16. The second kappa shape index (κ2) is 18.1. The van der Waals surface area contributed by atoms with Crippen LogP contribution in [0.3, 0.4) is 0 Å². The summed E-state index contributed by atoms with van der Waals surface area (Å²) in [7, 11) is 0. The molecule has 6 heteroatoms. The van der Waals surface area contributed by atoms with Gasteiger partial charge in [0.1, 0.15) is 5.75 Å². The Labute approximate surface area is 256 Å². The number of hydrogen-bond donors (Lipinski definition) is 0. The van der Waals surface area contributed by atoms with Gasteiger partial charge >= 0.3 is 12.1 Å². The van der Waals surface area contributed by atoms with Crippen molar-refractivity contribution in [3.05, 3.63) is 89.5 Å². The SMILES string of the molecule is CCCCCCCCCCc1ccc(C(=S)Oc2ccccc2-c2ccc(C(=O)OC(=O)OC[C@@H](C)CC)cc2)cc1. The maximum atomic E-state index is 12.4. The Balaban J connectivity index is 1.53. The molecule has 0 aliphatic heterocycles. The average Bonchev–Trinajstić information content (AvgIpc) is 3.01. The molecular weight excluding hydrogens is 544 g/mol. The third-order valence-electron chi connectivity index (χ3n) is 7.39. The zero-order valence-corrected chi connectivity index (χ0v) is 26.0. The van der Waals surface area contributed by atoms with Gasteiger partial charge < -0.3 is 14.2 Å². The van der Waals surface area contributed by atoms with Gasteiger partial charge in [0, 0.05) is 11.1 Å². The molecule has 3 rings (SSSR count). The summed E-state index contributed by atoms with van der Waals surface area (Å²) in [6.45, 7) is 6.42. The molecule has 0 aromatic heterocycles. The van der Waals surface area contributed by atoms with Gasteiger partial charge in [-0.1, -0.05) is 127 Å². The van der Waals surface area contributed by atoms with E-state index < -0.39 is 12.1 Å². The number of esters is 1. The summed E-state index contributed by atoms with van der Waals surface area (Å²) in [6.07, 6.45) is 11.5. The van der Waals surface area contributed by atoms with Crippen LogP contribution in [0.4, 0.5) is 4.79 Å². The monoisotopic (exact) mass is 588 g/mol. The highest BCUT2D eigenvalue weighted by Crippen LogP contribution is 2.31. The third kappa shape index (κ3) is 11.1. The van der Waals surface area contributed by atoms with Crippen LogP contribution in [0, 0.1) is 5.92 Å². The molecule has 1 atom stereocenters. The molecule has 0 unspecified atom stereocenters. The minimum absolute atomic E-state index is 0.200. The first-order valence-corrected chi connectivity index (χ1v) is 15.7. The average molecular weight is 589 g/mol. The van der Waals surface area contributed by atoms with Crippen LogP contribution in [0.25, 0.3) is 11.1 Å². The normalized spacial score (nSPS) is 11.5. The zero-order valence-electron chi connectivity index (χ0n) is 25.2. The molecule has 3 aromatic rings. The number of carbonyl (C=O) groups excluding carboxylic acids is 2. The van der Waals surface area contributed by atoms with Crippen LogP contribution in [0.2, 0.25) is 0 Å². The van der Waals surface area contributed by atoms with Crippen LogP contribution in [0.5, 0.6) is 5.75 Å². The fourth-order valence-electron chi connectivity index (χ4n) is 4.50. The fourth-order valence-corrected chi connectivity index (χ4v) is 4.73. The van der Waals surface area contributed by atoms with E-state index in [1.807, 2.05) is 50.2 Å². The van der Waals surface area contributed by atoms with E-state index in [2.05, 4.69) is 19.1 Å². The summed E-state index contributed by atoms with van der Waals surface area (Å²) in [4.78, 5) is 24.2. The lowest BCUT2D eigenvalue weighted by Gasteiger charge is -2.13. The van der Waals surface area contributed by atoms with E-state index in [0.717, 1.165) is 29.5 Å².